The van der Waals surface area contributed by atoms with Gasteiger partial charge < -0.3 is 8.98 Å². The van der Waals surface area contributed by atoms with Crippen LogP contribution in [0, 0.1) is 0 Å². The van der Waals surface area contributed by atoms with Crippen molar-refractivity contribution in [2.75, 3.05) is 0 Å². The highest BCUT2D eigenvalue weighted by atomic mass is 16.3. The van der Waals surface area contributed by atoms with Gasteiger partial charge >= 0.3 is 0 Å². The quantitative estimate of drug-likeness (QED) is 0.292. The Balaban J connectivity index is 1.45. The molecule has 0 amide bonds. The van der Waals surface area contributed by atoms with Crippen LogP contribution in [-0.4, -0.2) is 9.55 Å². The lowest BCUT2D eigenvalue weighted by Gasteiger charge is -2.10. The van der Waals surface area contributed by atoms with Crippen LogP contribution in [0.15, 0.2) is 114 Å². The molecule has 32 heavy (non-hydrogen) atoms. The lowest BCUT2D eigenvalue weighted by Crippen LogP contribution is -1.94. The first-order chi connectivity index (χ1) is 15.9. The number of furan rings is 1. The second-order valence-corrected chi connectivity index (χ2v) is 8.08. The Labute approximate surface area is 184 Å². The van der Waals surface area contributed by atoms with E-state index in [-0.39, 0.29) is 0 Å². The molecule has 0 aliphatic rings. The molecule has 0 aliphatic heterocycles. The van der Waals surface area contributed by atoms with Crippen molar-refractivity contribution in [2.45, 2.75) is 0 Å². The third kappa shape index (κ3) is 2.45. The van der Waals surface area contributed by atoms with E-state index in [1.807, 2.05) is 24.4 Å². The van der Waals surface area contributed by atoms with Crippen molar-refractivity contribution in [3.8, 4) is 16.8 Å². The molecule has 7 rings (SSSR count). The van der Waals surface area contributed by atoms with Crippen LogP contribution < -0.4 is 0 Å². The number of pyridine rings is 1. The smallest absolute Gasteiger partial charge is 0.153 e. The highest BCUT2D eigenvalue weighted by molar-refractivity contribution is 6.09. The van der Waals surface area contributed by atoms with E-state index in [2.05, 4.69) is 94.5 Å². The summed E-state index contributed by atoms with van der Waals surface area (Å²) in [5, 5.41) is 3.58. The number of para-hydroxylation sites is 2. The van der Waals surface area contributed by atoms with Gasteiger partial charge in [0.05, 0.1) is 11.0 Å². The Morgan fingerprint density at radius 2 is 1.31 bits per heavy atom. The molecular weight excluding hydrogens is 392 g/mol. The molecule has 0 spiro atoms. The van der Waals surface area contributed by atoms with Crippen LogP contribution in [0.5, 0.6) is 0 Å². The minimum atomic E-state index is 0.818. The molecule has 3 heteroatoms. The summed E-state index contributed by atoms with van der Waals surface area (Å²) >= 11 is 0. The number of aromatic nitrogens is 2. The molecule has 0 atom stereocenters. The van der Waals surface area contributed by atoms with Crippen molar-refractivity contribution >= 4 is 43.9 Å². The number of rotatable bonds is 2. The third-order valence-electron chi connectivity index (χ3n) is 6.24. The van der Waals surface area contributed by atoms with Crippen LogP contribution >= 0.6 is 0 Å². The molecule has 0 radical (unpaired) electrons. The zero-order valence-corrected chi connectivity index (χ0v) is 17.2. The van der Waals surface area contributed by atoms with Crippen molar-refractivity contribution in [1.82, 2.24) is 9.55 Å². The average molecular weight is 410 g/mol. The molecule has 0 saturated heterocycles. The van der Waals surface area contributed by atoms with Crippen LogP contribution in [0.1, 0.15) is 0 Å². The number of hydrogen-bond acceptors (Lipinski definition) is 2. The minimum absolute atomic E-state index is 0.818. The largest absolute Gasteiger partial charge is 0.454 e. The lowest BCUT2D eigenvalue weighted by atomic mass is 10.0. The van der Waals surface area contributed by atoms with Gasteiger partial charge in [0.1, 0.15) is 11.1 Å². The Kier molecular flexibility index (Phi) is 3.55. The van der Waals surface area contributed by atoms with Crippen molar-refractivity contribution < 1.29 is 4.42 Å². The van der Waals surface area contributed by atoms with Gasteiger partial charge in [-0.3, -0.25) is 4.98 Å². The standard InChI is InChI=1S/C29H18N2O/c1-3-11-25-22(9-1)23-10-2-4-12-26(23)31(25)21-8-5-7-19(17-21)20-14-15-27-24(18-20)29-28(32-27)13-6-16-30-29/h1-18H. The number of benzene rings is 4. The van der Waals surface area contributed by atoms with E-state index < -0.39 is 0 Å². The summed E-state index contributed by atoms with van der Waals surface area (Å²) in [5.41, 5.74) is 8.47. The van der Waals surface area contributed by atoms with Crippen LogP contribution in [0.25, 0.3) is 60.7 Å². The summed E-state index contributed by atoms with van der Waals surface area (Å²) in [5.74, 6) is 0. The topological polar surface area (TPSA) is 31.0 Å². The van der Waals surface area contributed by atoms with Gasteiger partial charge in [0.25, 0.3) is 0 Å². The summed E-state index contributed by atoms with van der Waals surface area (Å²) in [6, 6.07) is 36.1. The van der Waals surface area contributed by atoms with Crippen LogP contribution in [0.2, 0.25) is 0 Å². The number of hydrogen-bond donors (Lipinski definition) is 0. The SMILES string of the molecule is c1cc(-c2ccc3oc4cccnc4c3c2)cc(-n2c3ccccc3c3ccccc32)c1. The van der Waals surface area contributed by atoms with E-state index in [0.717, 1.165) is 38.9 Å². The second kappa shape index (κ2) is 6.56. The van der Waals surface area contributed by atoms with Crippen LogP contribution in [0.3, 0.4) is 0 Å². The Morgan fingerprint density at radius 3 is 2.12 bits per heavy atom. The molecule has 0 bridgehead atoms. The molecule has 0 fully saturated rings. The molecule has 4 aromatic carbocycles. The van der Waals surface area contributed by atoms with Gasteiger partial charge in [0, 0.05) is 28.0 Å². The summed E-state index contributed by atoms with van der Waals surface area (Å²) in [6.07, 6.45) is 1.81. The highest BCUT2D eigenvalue weighted by Gasteiger charge is 2.13. The first-order valence-electron chi connectivity index (χ1n) is 10.7. The number of nitrogens with zero attached hydrogens (tertiary/aromatic N) is 2. The summed E-state index contributed by atoms with van der Waals surface area (Å²) in [6.45, 7) is 0. The van der Waals surface area contributed by atoms with E-state index in [4.69, 9.17) is 4.42 Å². The summed E-state index contributed by atoms with van der Waals surface area (Å²) in [4.78, 5) is 4.53. The maximum Gasteiger partial charge on any atom is 0.153 e. The van der Waals surface area contributed by atoms with Crippen molar-refractivity contribution in [3.63, 3.8) is 0 Å². The van der Waals surface area contributed by atoms with Crippen LogP contribution in [0.4, 0.5) is 0 Å². The zero-order chi connectivity index (χ0) is 21.1. The molecule has 0 aliphatic carbocycles. The summed E-state index contributed by atoms with van der Waals surface area (Å²) in [7, 11) is 0. The molecule has 0 saturated carbocycles. The molecule has 3 nitrogen and oxygen atoms in total. The Hall–Kier alpha value is -4.37. The average Bonchev–Trinajstić information content (AvgIpc) is 3.39. The fraction of sp³-hybridized carbons (Fsp3) is 0. The van der Waals surface area contributed by atoms with Crippen LogP contribution in [-0.2, 0) is 0 Å². The van der Waals surface area contributed by atoms with Crippen molar-refractivity contribution in [1.29, 1.82) is 0 Å². The summed E-state index contributed by atoms with van der Waals surface area (Å²) < 4.78 is 8.30. The molecule has 7 aromatic rings. The van der Waals surface area contributed by atoms with E-state index in [0.29, 0.717) is 0 Å². The van der Waals surface area contributed by atoms with Crippen molar-refractivity contribution in [3.05, 3.63) is 109 Å². The first kappa shape index (κ1) is 17.3. The Morgan fingerprint density at radius 1 is 0.562 bits per heavy atom. The third-order valence-corrected chi connectivity index (χ3v) is 6.24. The molecule has 0 unspecified atom stereocenters. The maximum absolute atomic E-state index is 5.96. The van der Waals surface area contributed by atoms with E-state index in [1.54, 1.807) is 0 Å². The molecule has 3 heterocycles. The molecule has 3 aromatic heterocycles. The molecular formula is C29H18N2O. The maximum atomic E-state index is 5.96. The van der Waals surface area contributed by atoms with Gasteiger partial charge in [-0.05, 0) is 59.7 Å². The number of fused-ring (bicyclic) bond motifs is 6. The van der Waals surface area contributed by atoms with Gasteiger partial charge in [0.2, 0.25) is 0 Å². The van der Waals surface area contributed by atoms with Gasteiger partial charge in [-0.1, -0.05) is 54.6 Å². The second-order valence-electron chi connectivity index (χ2n) is 8.08. The molecule has 150 valence electrons. The Bertz CT molecular complexity index is 1730. The monoisotopic (exact) mass is 410 g/mol. The zero-order valence-electron chi connectivity index (χ0n) is 17.2. The van der Waals surface area contributed by atoms with E-state index in [1.165, 1.54) is 21.8 Å². The van der Waals surface area contributed by atoms with Gasteiger partial charge in [0.15, 0.2) is 5.58 Å². The first-order valence-corrected chi connectivity index (χ1v) is 10.7. The van der Waals surface area contributed by atoms with E-state index in [9.17, 15) is 0 Å². The molecule has 0 N–H and O–H groups in total. The predicted molar refractivity (Wildman–Crippen MR) is 131 cm³/mol. The van der Waals surface area contributed by atoms with Gasteiger partial charge in [-0.25, -0.2) is 0 Å². The lowest BCUT2D eigenvalue weighted by molar-refractivity contribution is 0.668. The normalized spacial score (nSPS) is 11.8. The minimum Gasteiger partial charge on any atom is -0.454 e. The van der Waals surface area contributed by atoms with Gasteiger partial charge in [-0.15, -0.1) is 0 Å². The van der Waals surface area contributed by atoms with Crippen molar-refractivity contribution in [2.24, 2.45) is 0 Å². The highest BCUT2D eigenvalue weighted by Crippen LogP contribution is 2.35. The van der Waals surface area contributed by atoms with E-state index >= 15 is 0 Å². The fourth-order valence-corrected chi connectivity index (χ4v) is 4.80. The fourth-order valence-electron chi connectivity index (χ4n) is 4.80. The van der Waals surface area contributed by atoms with Gasteiger partial charge in [-0.2, -0.15) is 0 Å². The predicted octanol–water partition coefficient (Wildman–Crippen LogP) is 7.75.